The van der Waals surface area contributed by atoms with Gasteiger partial charge in [-0.25, -0.2) is 0 Å². The molecule has 0 saturated heterocycles. The summed E-state index contributed by atoms with van der Waals surface area (Å²) in [4.78, 5) is 8.95. The van der Waals surface area contributed by atoms with Gasteiger partial charge in [-0.3, -0.25) is 9.97 Å². The average molecular weight is 381 g/mol. The summed E-state index contributed by atoms with van der Waals surface area (Å²) in [6.07, 6.45) is 3.52. The van der Waals surface area contributed by atoms with Crippen LogP contribution in [-0.4, -0.2) is 9.97 Å². The number of hydrogen-bond acceptors (Lipinski definition) is 3. The Hall–Kier alpha value is -4.29. The van der Waals surface area contributed by atoms with Crippen molar-refractivity contribution in [3.8, 4) is 28.6 Å². The molecule has 0 atom stereocenters. The molecule has 4 aromatic carbocycles. The van der Waals surface area contributed by atoms with Crippen LogP contribution >= 0.6 is 0 Å². The lowest BCUT2D eigenvalue weighted by Gasteiger charge is -2.12. The van der Waals surface area contributed by atoms with Crippen molar-refractivity contribution in [2.75, 3.05) is 0 Å². The molecule has 0 aliphatic carbocycles. The molecule has 30 heavy (non-hydrogen) atoms. The second-order valence-corrected chi connectivity index (χ2v) is 7.48. The monoisotopic (exact) mass is 381 g/mol. The zero-order valence-electron chi connectivity index (χ0n) is 16.0. The second-order valence-electron chi connectivity index (χ2n) is 7.48. The molecule has 0 aliphatic heterocycles. The minimum absolute atomic E-state index is 0.581. The Morgan fingerprint density at radius 3 is 1.97 bits per heavy atom. The molecule has 0 aliphatic rings. The van der Waals surface area contributed by atoms with E-state index in [-0.39, 0.29) is 0 Å². The Bertz CT molecular complexity index is 1530. The molecule has 6 rings (SSSR count). The summed E-state index contributed by atoms with van der Waals surface area (Å²) in [7, 11) is 0. The summed E-state index contributed by atoms with van der Waals surface area (Å²) < 4.78 is 0. The summed E-state index contributed by atoms with van der Waals surface area (Å²) >= 11 is 0. The minimum Gasteiger partial charge on any atom is -0.255 e. The van der Waals surface area contributed by atoms with Gasteiger partial charge in [0, 0.05) is 18.0 Å². The van der Waals surface area contributed by atoms with Crippen molar-refractivity contribution in [3.05, 3.63) is 96.8 Å². The standard InChI is InChI=1S/C27H15N3/c28-15-17-10-11-29-25(12-17)24-9-8-22(16-30-24)23-13-20-6-4-18-2-1-3-19-5-7-21(14-23)27(20)26(18)19/h1-14,16H. The fourth-order valence-electron chi connectivity index (χ4n) is 4.28. The Kier molecular flexibility index (Phi) is 3.53. The van der Waals surface area contributed by atoms with Crippen molar-refractivity contribution < 1.29 is 0 Å². The number of hydrogen-bond donors (Lipinski definition) is 0. The molecule has 0 fully saturated rings. The minimum atomic E-state index is 0.581. The van der Waals surface area contributed by atoms with E-state index >= 15 is 0 Å². The van der Waals surface area contributed by atoms with Crippen LogP contribution < -0.4 is 0 Å². The van der Waals surface area contributed by atoms with Gasteiger partial charge in [-0.1, -0.05) is 48.5 Å². The lowest BCUT2D eigenvalue weighted by atomic mass is 9.92. The molecule has 0 saturated carbocycles. The van der Waals surface area contributed by atoms with E-state index in [2.05, 4.69) is 76.7 Å². The highest BCUT2D eigenvalue weighted by molar-refractivity contribution is 6.23. The molecule has 0 amide bonds. The van der Waals surface area contributed by atoms with Crippen LogP contribution in [0.2, 0.25) is 0 Å². The maximum atomic E-state index is 9.10. The van der Waals surface area contributed by atoms with Crippen molar-refractivity contribution >= 4 is 32.3 Å². The average Bonchev–Trinajstić information content (AvgIpc) is 2.82. The highest BCUT2D eigenvalue weighted by Gasteiger charge is 2.10. The van der Waals surface area contributed by atoms with Gasteiger partial charge >= 0.3 is 0 Å². The molecule has 6 aromatic rings. The summed E-state index contributed by atoms with van der Waals surface area (Å²) in [6.45, 7) is 0. The third-order valence-electron chi connectivity index (χ3n) is 5.71. The van der Waals surface area contributed by atoms with E-state index in [1.807, 2.05) is 12.3 Å². The Morgan fingerprint density at radius 1 is 0.600 bits per heavy atom. The topological polar surface area (TPSA) is 49.6 Å². The van der Waals surface area contributed by atoms with Crippen molar-refractivity contribution in [1.82, 2.24) is 9.97 Å². The van der Waals surface area contributed by atoms with Gasteiger partial charge in [0.05, 0.1) is 23.0 Å². The first-order valence-corrected chi connectivity index (χ1v) is 9.81. The molecule has 2 aromatic heterocycles. The Morgan fingerprint density at radius 2 is 1.30 bits per heavy atom. The van der Waals surface area contributed by atoms with E-state index in [4.69, 9.17) is 5.26 Å². The fraction of sp³-hybridized carbons (Fsp3) is 0. The number of nitriles is 1. The molecular formula is C27H15N3. The molecule has 3 heteroatoms. The number of pyridine rings is 2. The van der Waals surface area contributed by atoms with Crippen LogP contribution in [0.1, 0.15) is 5.56 Å². The highest BCUT2D eigenvalue weighted by Crippen LogP contribution is 2.37. The van der Waals surface area contributed by atoms with E-state index in [9.17, 15) is 0 Å². The second kappa shape index (κ2) is 6.37. The van der Waals surface area contributed by atoms with E-state index in [0.717, 1.165) is 16.8 Å². The third-order valence-corrected chi connectivity index (χ3v) is 5.71. The Labute approximate surface area is 173 Å². The molecule has 138 valence electrons. The quantitative estimate of drug-likeness (QED) is 0.318. The number of rotatable bonds is 2. The SMILES string of the molecule is N#Cc1ccnc(-c2ccc(-c3cc4ccc5cccc6ccc(c3)c4c56)cn2)c1. The van der Waals surface area contributed by atoms with Crippen LogP contribution in [0.5, 0.6) is 0 Å². The maximum absolute atomic E-state index is 9.10. The van der Waals surface area contributed by atoms with Crippen LogP contribution in [0.4, 0.5) is 0 Å². The molecular weight excluding hydrogens is 366 g/mol. The molecule has 2 heterocycles. The number of aromatic nitrogens is 2. The van der Waals surface area contributed by atoms with Crippen molar-refractivity contribution in [3.63, 3.8) is 0 Å². The number of benzene rings is 4. The van der Waals surface area contributed by atoms with Crippen LogP contribution in [-0.2, 0) is 0 Å². The summed E-state index contributed by atoms with van der Waals surface area (Å²) in [5.41, 5.74) is 4.24. The molecule has 0 unspecified atom stereocenters. The van der Waals surface area contributed by atoms with Crippen molar-refractivity contribution in [2.45, 2.75) is 0 Å². The van der Waals surface area contributed by atoms with Gasteiger partial charge in [0.1, 0.15) is 0 Å². The van der Waals surface area contributed by atoms with Crippen molar-refractivity contribution in [2.24, 2.45) is 0 Å². The zero-order chi connectivity index (χ0) is 20.1. The van der Waals surface area contributed by atoms with E-state index < -0.39 is 0 Å². The maximum Gasteiger partial charge on any atom is 0.0992 e. The van der Waals surface area contributed by atoms with E-state index in [0.29, 0.717) is 11.3 Å². The van der Waals surface area contributed by atoms with Gasteiger partial charge in [-0.2, -0.15) is 5.26 Å². The van der Waals surface area contributed by atoms with Gasteiger partial charge in [0.25, 0.3) is 0 Å². The van der Waals surface area contributed by atoms with E-state index in [1.54, 1.807) is 18.3 Å². The van der Waals surface area contributed by atoms with Gasteiger partial charge in [0.2, 0.25) is 0 Å². The lowest BCUT2D eigenvalue weighted by Crippen LogP contribution is -1.90. The normalized spacial score (nSPS) is 11.3. The third kappa shape index (κ3) is 2.52. The highest BCUT2D eigenvalue weighted by atomic mass is 14.8. The first kappa shape index (κ1) is 16.6. The van der Waals surface area contributed by atoms with Gasteiger partial charge in [-0.15, -0.1) is 0 Å². The lowest BCUT2D eigenvalue weighted by molar-refractivity contribution is 1.24. The van der Waals surface area contributed by atoms with Gasteiger partial charge < -0.3 is 0 Å². The van der Waals surface area contributed by atoms with E-state index in [1.165, 1.54) is 32.3 Å². The summed E-state index contributed by atoms with van der Waals surface area (Å²) in [6, 6.07) is 29.4. The molecule has 0 radical (unpaired) electrons. The largest absolute Gasteiger partial charge is 0.255 e. The van der Waals surface area contributed by atoms with Crippen LogP contribution in [0.25, 0.3) is 54.8 Å². The Balaban J connectivity index is 1.48. The van der Waals surface area contributed by atoms with Crippen molar-refractivity contribution in [1.29, 1.82) is 5.26 Å². The summed E-state index contributed by atoms with van der Waals surface area (Å²) in [5, 5.41) is 16.8. The summed E-state index contributed by atoms with van der Waals surface area (Å²) in [5.74, 6) is 0. The molecule has 0 spiro atoms. The number of nitrogens with zero attached hydrogens (tertiary/aromatic N) is 3. The fourth-order valence-corrected chi connectivity index (χ4v) is 4.28. The molecule has 3 nitrogen and oxygen atoms in total. The predicted octanol–water partition coefficient (Wildman–Crippen LogP) is 6.58. The first-order valence-electron chi connectivity index (χ1n) is 9.81. The molecule has 0 N–H and O–H groups in total. The molecule has 0 bridgehead atoms. The smallest absolute Gasteiger partial charge is 0.0992 e. The first-order chi connectivity index (χ1) is 14.8. The zero-order valence-corrected chi connectivity index (χ0v) is 16.0. The predicted molar refractivity (Wildman–Crippen MR) is 121 cm³/mol. The van der Waals surface area contributed by atoms with Gasteiger partial charge in [0.15, 0.2) is 0 Å². The van der Waals surface area contributed by atoms with Gasteiger partial charge in [-0.05, 0) is 68.2 Å². The van der Waals surface area contributed by atoms with Crippen LogP contribution in [0, 0.1) is 11.3 Å². The van der Waals surface area contributed by atoms with Crippen LogP contribution in [0.15, 0.2) is 91.3 Å². The van der Waals surface area contributed by atoms with Crippen LogP contribution in [0.3, 0.4) is 0 Å².